The van der Waals surface area contributed by atoms with Crippen molar-refractivity contribution in [1.29, 1.82) is 0 Å². The molecule has 21 heavy (non-hydrogen) atoms. The van der Waals surface area contributed by atoms with Crippen LogP contribution in [0.2, 0.25) is 0 Å². The summed E-state index contributed by atoms with van der Waals surface area (Å²) in [5.41, 5.74) is 5.77. The molecule has 0 heterocycles. The molecule has 0 radical (unpaired) electrons. The molecule has 0 bridgehead atoms. The molecule has 4 nitrogen and oxygen atoms in total. The van der Waals surface area contributed by atoms with E-state index < -0.39 is 11.9 Å². The average Bonchev–Trinajstić information content (AvgIpc) is 2.45. The van der Waals surface area contributed by atoms with E-state index in [4.69, 9.17) is 5.73 Å². The predicted molar refractivity (Wildman–Crippen MR) is 87.1 cm³/mol. The van der Waals surface area contributed by atoms with Gasteiger partial charge in [-0.15, -0.1) is 0 Å². The molecule has 0 unspecified atom stereocenters. The highest BCUT2D eigenvalue weighted by Crippen LogP contribution is 2.16. The topological polar surface area (TPSA) is 72.2 Å². The van der Waals surface area contributed by atoms with Crippen molar-refractivity contribution < 1.29 is 9.59 Å². The number of rotatable bonds is 5. The third kappa shape index (κ3) is 3.92. The van der Waals surface area contributed by atoms with Gasteiger partial charge in [0.1, 0.15) is 6.04 Å². The number of benzene rings is 2. The number of fused-ring (bicyclic) bond motifs is 1. The van der Waals surface area contributed by atoms with Crippen LogP contribution < -0.4 is 11.1 Å². The van der Waals surface area contributed by atoms with Gasteiger partial charge < -0.3 is 11.1 Å². The smallest absolute Gasteiger partial charge is 0.251 e. The van der Waals surface area contributed by atoms with Gasteiger partial charge in [0.25, 0.3) is 5.91 Å². The molecule has 5 heteroatoms. The van der Waals surface area contributed by atoms with Crippen LogP contribution in [0.15, 0.2) is 53.5 Å². The zero-order valence-corrected chi connectivity index (χ0v) is 12.9. The maximum absolute atomic E-state index is 12.2. The van der Waals surface area contributed by atoms with Gasteiger partial charge in [-0.05, 0) is 27.4 Å². The highest BCUT2D eigenvalue weighted by atomic mass is 79.9. The van der Waals surface area contributed by atoms with E-state index in [2.05, 4.69) is 27.8 Å². The minimum Gasteiger partial charge on any atom is -0.368 e. The first-order valence-electron chi connectivity index (χ1n) is 6.39. The second-order valence-electron chi connectivity index (χ2n) is 4.71. The largest absolute Gasteiger partial charge is 0.368 e. The Hall–Kier alpha value is -2.14. The molecule has 0 saturated carbocycles. The molecular weight excluding hydrogens is 332 g/mol. The van der Waals surface area contributed by atoms with E-state index in [1.165, 1.54) is 0 Å². The number of nitrogens with one attached hydrogen (secondary N) is 1. The van der Waals surface area contributed by atoms with Crippen LogP contribution in [0.3, 0.4) is 0 Å². The Kier molecular flexibility index (Phi) is 4.75. The molecule has 2 aromatic rings. The van der Waals surface area contributed by atoms with Crippen molar-refractivity contribution in [1.82, 2.24) is 5.32 Å². The number of amides is 2. The van der Waals surface area contributed by atoms with Crippen molar-refractivity contribution >= 4 is 38.5 Å². The van der Waals surface area contributed by atoms with Crippen LogP contribution in [0, 0.1) is 0 Å². The Morgan fingerprint density at radius 2 is 1.86 bits per heavy atom. The van der Waals surface area contributed by atoms with Crippen molar-refractivity contribution in [2.45, 2.75) is 12.5 Å². The molecular formula is C16H15BrN2O2. The van der Waals surface area contributed by atoms with Gasteiger partial charge in [-0.25, -0.2) is 0 Å². The van der Waals surface area contributed by atoms with Gasteiger partial charge in [0, 0.05) is 12.0 Å². The monoisotopic (exact) mass is 346 g/mol. The number of nitrogens with two attached hydrogens (primary N) is 1. The van der Waals surface area contributed by atoms with Gasteiger partial charge in [0.2, 0.25) is 5.91 Å². The van der Waals surface area contributed by atoms with E-state index in [-0.39, 0.29) is 12.3 Å². The molecule has 0 aliphatic rings. The Morgan fingerprint density at radius 1 is 1.19 bits per heavy atom. The van der Waals surface area contributed by atoms with E-state index >= 15 is 0 Å². The zero-order valence-electron chi connectivity index (χ0n) is 11.3. The molecule has 1 atom stereocenters. The van der Waals surface area contributed by atoms with Crippen LogP contribution in [-0.2, 0) is 4.79 Å². The first-order chi connectivity index (χ1) is 9.97. The second-order valence-corrected chi connectivity index (χ2v) is 5.83. The van der Waals surface area contributed by atoms with E-state index in [1.54, 1.807) is 12.1 Å². The third-order valence-corrected chi connectivity index (χ3v) is 3.41. The molecule has 0 spiro atoms. The summed E-state index contributed by atoms with van der Waals surface area (Å²) in [6.07, 6.45) is 0.259. The minimum atomic E-state index is -0.782. The number of carbonyl (C=O) groups is 2. The van der Waals surface area contributed by atoms with Crippen LogP contribution in [-0.4, -0.2) is 17.9 Å². The average molecular weight is 347 g/mol. The summed E-state index contributed by atoms with van der Waals surface area (Å²) >= 11 is 3.17. The highest BCUT2D eigenvalue weighted by Gasteiger charge is 2.19. The van der Waals surface area contributed by atoms with Gasteiger partial charge in [-0.1, -0.05) is 52.8 Å². The lowest BCUT2D eigenvalue weighted by atomic mass is 10.1. The van der Waals surface area contributed by atoms with Gasteiger partial charge in [0.15, 0.2) is 0 Å². The number of halogens is 1. The fraction of sp³-hybridized carbons (Fsp3) is 0.125. The van der Waals surface area contributed by atoms with Crippen molar-refractivity contribution in [3.05, 3.63) is 59.1 Å². The minimum absolute atomic E-state index is 0.259. The van der Waals surface area contributed by atoms with Crippen LogP contribution in [0.1, 0.15) is 16.8 Å². The maximum atomic E-state index is 12.2. The van der Waals surface area contributed by atoms with Gasteiger partial charge in [-0.2, -0.15) is 0 Å². The van der Waals surface area contributed by atoms with E-state index in [9.17, 15) is 9.59 Å². The Labute approximate surface area is 131 Å². The summed E-state index contributed by atoms with van der Waals surface area (Å²) in [7, 11) is 0. The van der Waals surface area contributed by atoms with E-state index in [0.717, 1.165) is 10.8 Å². The fourth-order valence-electron chi connectivity index (χ4n) is 2.02. The molecule has 0 aliphatic carbocycles. The number of hydrogen-bond acceptors (Lipinski definition) is 2. The Morgan fingerprint density at radius 3 is 2.48 bits per heavy atom. The number of carbonyl (C=O) groups excluding carboxylic acids is 2. The normalized spacial score (nSPS) is 11.9. The summed E-state index contributed by atoms with van der Waals surface area (Å²) in [6.45, 7) is 3.66. The molecule has 2 aromatic carbocycles. The summed E-state index contributed by atoms with van der Waals surface area (Å²) < 4.78 is 0.602. The standard InChI is InChI=1S/C16H15BrN2O2/c1-10(17)8-14(15(18)20)19-16(21)13-7-6-11-4-2-3-5-12(11)9-13/h2-7,9,14H,1,8H2,(H2,18,20)(H,19,21)/t14-/m0/s1. The Balaban J connectivity index is 2.20. The predicted octanol–water partition coefficient (Wildman–Crippen LogP) is 2.72. The number of hydrogen-bond donors (Lipinski definition) is 2. The fourth-order valence-corrected chi connectivity index (χ4v) is 2.34. The van der Waals surface area contributed by atoms with E-state index in [0.29, 0.717) is 10.0 Å². The SMILES string of the molecule is C=C(Br)C[C@H](NC(=O)c1ccc2ccccc2c1)C(N)=O. The first kappa shape index (κ1) is 15.3. The van der Waals surface area contributed by atoms with Gasteiger partial charge >= 0.3 is 0 Å². The molecule has 0 saturated heterocycles. The van der Waals surface area contributed by atoms with Crippen LogP contribution in [0.25, 0.3) is 10.8 Å². The third-order valence-electron chi connectivity index (χ3n) is 3.09. The molecule has 0 fully saturated rings. The molecule has 0 aliphatic heterocycles. The van der Waals surface area contributed by atoms with Crippen LogP contribution in [0.4, 0.5) is 0 Å². The lowest BCUT2D eigenvalue weighted by molar-refractivity contribution is -0.119. The van der Waals surface area contributed by atoms with Crippen molar-refractivity contribution in [3.8, 4) is 0 Å². The zero-order chi connectivity index (χ0) is 15.4. The highest BCUT2D eigenvalue weighted by molar-refractivity contribution is 9.11. The Bertz CT molecular complexity index is 712. The quantitative estimate of drug-likeness (QED) is 0.873. The molecule has 108 valence electrons. The summed E-state index contributed by atoms with van der Waals surface area (Å²) in [6, 6.07) is 12.3. The van der Waals surface area contributed by atoms with Crippen molar-refractivity contribution in [2.24, 2.45) is 5.73 Å². The lowest BCUT2D eigenvalue weighted by Crippen LogP contribution is -2.44. The van der Waals surface area contributed by atoms with Gasteiger partial charge in [-0.3, -0.25) is 9.59 Å². The maximum Gasteiger partial charge on any atom is 0.251 e. The molecule has 2 amide bonds. The van der Waals surface area contributed by atoms with Gasteiger partial charge in [0.05, 0.1) is 0 Å². The molecule has 3 N–H and O–H groups in total. The molecule has 2 rings (SSSR count). The van der Waals surface area contributed by atoms with Crippen molar-refractivity contribution in [2.75, 3.05) is 0 Å². The second kappa shape index (κ2) is 6.54. The van der Waals surface area contributed by atoms with Crippen molar-refractivity contribution in [3.63, 3.8) is 0 Å². The summed E-state index contributed by atoms with van der Waals surface area (Å²) in [4.78, 5) is 23.6. The molecule has 0 aromatic heterocycles. The summed E-state index contributed by atoms with van der Waals surface area (Å²) in [5, 5.41) is 4.64. The number of primary amides is 1. The van der Waals surface area contributed by atoms with Crippen LogP contribution in [0.5, 0.6) is 0 Å². The summed E-state index contributed by atoms with van der Waals surface area (Å²) in [5.74, 6) is -0.928. The lowest BCUT2D eigenvalue weighted by Gasteiger charge is -2.15. The first-order valence-corrected chi connectivity index (χ1v) is 7.19. The van der Waals surface area contributed by atoms with Crippen LogP contribution >= 0.6 is 15.9 Å². The van der Waals surface area contributed by atoms with E-state index in [1.807, 2.05) is 30.3 Å².